The molecule has 0 saturated heterocycles. The molecule has 7 nitrogen and oxygen atoms in total. The summed E-state index contributed by atoms with van der Waals surface area (Å²) in [6.07, 6.45) is 0. The van der Waals surface area contributed by atoms with Gasteiger partial charge in [-0.15, -0.1) is 0 Å². The Morgan fingerprint density at radius 1 is 1.17 bits per heavy atom. The SMILES string of the molecule is CCOS(=O)(=O)O.COc1ccc2cc([C@H](C)C(=O)O)ccc2c1. The Hall–Kier alpha value is -2.16. The number of rotatable bonds is 5. The molecule has 0 aliphatic heterocycles. The lowest BCUT2D eigenvalue weighted by Crippen LogP contribution is -2.06. The zero-order chi connectivity index (χ0) is 18.3. The highest BCUT2D eigenvalue weighted by atomic mass is 32.3. The number of carbonyl (C=O) groups is 1. The highest BCUT2D eigenvalue weighted by Gasteiger charge is 2.13. The molecule has 2 aromatic rings. The first kappa shape index (κ1) is 19.9. The van der Waals surface area contributed by atoms with Crippen molar-refractivity contribution in [1.29, 1.82) is 0 Å². The van der Waals surface area contributed by atoms with E-state index < -0.39 is 22.3 Å². The number of methoxy groups -OCH3 is 1. The van der Waals surface area contributed by atoms with Crippen molar-refractivity contribution < 1.29 is 31.8 Å². The summed E-state index contributed by atoms with van der Waals surface area (Å²) in [5.74, 6) is -0.490. The lowest BCUT2D eigenvalue weighted by atomic mass is 9.98. The van der Waals surface area contributed by atoms with E-state index in [9.17, 15) is 13.2 Å². The smallest absolute Gasteiger partial charge is 0.397 e. The van der Waals surface area contributed by atoms with Crippen LogP contribution in [0.4, 0.5) is 0 Å². The molecule has 24 heavy (non-hydrogen) atoms. The summed E-state index contributed by atoms with van der Waals surface area (Å²) in [7, 11) is -2.55. The largest absolute Gasteiger partial charge is 0.497 e. The van der Waals surface area contributed by atoms with Crippen LogP contribution in [0, 0.1) is 0 Å². The van der Waals surface area contributed by atoms with Crippen molar-refractivity contribution in [3.63, 3.8) is 0 Å². The van der Waals surface area contributed by atoms with E-state index in [0.717, 1.165) is 22.1 Å². The molecule has 1 atom stereocenters. The summed E-state index contributed by atoms with van der Waals surface area (Å²) in [5, 5.41) is 11.0. The number of ether oxygens (including phenoxy) is 1. The van der Waals surface area contributed by atoms with Gasteiger partial charge in [-0.05, 0) is 42.3 Å². The van der Waals surface area contributed by atoms with Gasteiger partial charge >= 0.3 is 16.4 Å². The predicted octanol–water partition coefficient (Wildman–Crippen LogP) is 2.86. The minimum Gasteiger partial charge on any atom is -0.497 e. The second kappa shape index (κ2) is 8.62. The van der Waals surface area contributed by atoms with Gasteiger partial charge in [0.2, 0.25) is 0 Å². The maximum atomic E-state index is 10.9. The maximum absolute atomic E-state index is 10.9. The molecule has 0 unspecified atom stereocenters. The van der Waals surface area contributed by atoms with Crippen LogP contribution >= 0.6 is 0 Å². The Morgan fingerprint density at radius 2 is 1.75 bits per heavy atom. The minimum atomic E-state index is -4.17. The number of hydrogen-bond donors (Lipinski definition) is 2. The van der Waals surface area contributed by atoms with Crippen LogP contribution in [0.1, 0.15) is 25.3 Å². The van der Waals surface area contributed by atoms with E-state index in [1.165, 1.54) is 6.92 Å². The number of aliphatic carboxylic acids is 1. The first-order valence-corrected chi connectivity index (χ1v) is 8.46. The summed E-state index contributed by atoms with van der Waals surface area (Å²) >= 11 is 0. The number of carboxylic acid groups (broad SMARTS) is 1. The van der Waals surface area contributed by atoms with Crippen LogP contribution in [-0.4, -0.2) is 37.8 Å². The molecule has 0 radical (unpaired) electrons. The van der Waals surface area contributed by atoms with Crippen LogP contribution < -0.4 is 4.74 Å². The molecule has 0 spiro atoms. The Bertz CT molecular complexity index is 799. The molecule has 0 aliphatic carbocycles. The summed E-state index contributed by atoms with van der Waals surface area (Å²) in [5.41, 5.74) is 0.815. The fourth-order valence-corrected chi connectivity index (χ4v) is 2.23. The van der Waals surface area contributed by atoms with E-state index in [2.05, 4.69) is 4.18 Å². The van der Waals surface area contributed by atoms with Crippen molar-refractivity contribution in [3.8, 4) is 5.75 Å². The predicted molar refractivity (Wildman–Crippen MR) is 89.7 cm³/mol. The van der Waals surface area contributed by atoms with Gasteiger partial charge in [0.25, 0.3) is 0 Å². The lowest BCUT2D eigenvalue weighted by Gasteiger charge is -2.08. The molecule has 0 aliphatic rings. The Labute approximate surface area is 140 Å². The van der Waals surface area contributed by atoms with Gasteiger partial charge in [-0.3, -0.25) is 9.35 Å². The van der Waals surface area contributed by atoms with Crippen LogP contribution in [-0.2, 0) is 19.4 Å². The molecular weight excluding hydrogens is 336 g/mol. The molecule has 2 aromatic carbocycles. The summed E-state index contributed by atoms with van der Waals surface area (Å²) in [6, 6.07) is 11.4. The number of benzene rings is 2. The normalized spacial score (nSPS) is 12.2. The molecule has 0 bridgehead atoms. The molecule has 0 amide bonds. The molecular formula is C16H20O7S. The average molecular weight is 356 g/mol. The Balaban J connectivity index is 0.000000351. The molecule has 132 valence electrons. The van der Waals surface area contributed by atoms with E-state index in [-0.39, 0.29) is 6.61 Å². The highest BCUT2D eigenvalue weighted by Crippen LogP contribution is 2.25. The van der Waals surface area contributed by atoms with Crippen molar-refractivity contribution >= 4 is 27.1 Å². The Kier molecular flexibility index (Phi) is 7.15. The summed E-state index contributed by atoms with van der Waals surface area (Å²) in [4.78, 5) is 10.9. The summed E-state index contributed by atoms with van der Waals surface area (Å²) < 4.78 is 35.8. The van der Waals surface area contributed by atoms with E-state index >= 15 is 0 Å². The molecule has 2 rings (SSSR count). The Morgan fingerprint density at radius 3 is 2.21 bits per heavy atom. The summed E-state index contributed by atoms with van der Waals surface area (Å²) in [6.45, 7) is 3.12. The van der Waals surface area contributed by atoms with Gasteiger partial charge in [0.1, 0.15) is 5.75 Å². The maximum Gasteiger partial charge on any atom is 0.397 e. The third-order valence-corrected chi connectivity index (χ3v) is 3.74. The van der Waals surface area contributed by atoms with Crippen molar-refractivity contribution in [2.24, 2.45) is 0 Å². The van der Waals surface area contributed by atoms with Crippen LogP contribution in [0.25, 0.3) is 10.8 Å². The molecule has 0 heterocycles. The fourth-order valence-electron chi connectivity index (χ4n) is 1.93. The minimum absolute atomic E-state index is 0.0289. The number of hydrogen-bond acceptors (Lipinski definition) is 5. The van der Waals surface area contributed by atoms with Gasteiger partial charge in [0.15, 0.2) is 0 Å². The quantitative estimate of drug-likeness (QED) is 0.793. The molecule has 8 heteroatoms. The topological polar surface area (TPSA) is 110 Å². The fraction of sp³-hybridized carbons (Fsp3) is 0.312. The van der Waals surface area contributed by atoms with Gasteiger partial charge in [0, 0.05) is 0 Å². The van der Waals surface area contributed by atoms with Crippen molar-refractivity contribution in [2.45, 2.75) is 19.8 Å². The van der Waals surface area contributed by atoms with Gasteiger partial charge in [-0.2, -0.15) is 8.42 Å². The van der Waals surface area contributed by atoms with Gasteiger partial charge in [0.05, 0.1) is 19.6 Å². The van der Waals surface area contributed by atoms with Gasteiger partial charge in [-0.1, -0.05) is 24.3 Å². The van der Waals surface area contributed by atoms with Crippen LogP contribution in [0.15, 0.2) is 36.4 Å². The molecule has 0 aromatic heterocycles. The van der Waals surface area contributed by atoms with E-state index in [1.807, 2.05) is 36.4 Å². The highest BCUT2D eigenvalue weighted by molar-refractivity contribution is 7.80. The van der Waals surface area contributed by atoms with Crippen molar-refractivity contribution in [3.05, 3.63) is 42.0 Å². The van der Waals surface area contributed by atoms with Crippen LogP contribution in [0.5, 0.6) is 5.75 Å². The van der Waals surface area contributed by atoms with Gasteiger partial charge < -0.3 is 9.84 Å². The second-order valence-electron chi connectivity index (χ2n) is 4.87. The number of carboxylic acids is 1. The van der Waals surface area contributed by atoms with Gasteiger partial charge in [-0.25, -0.2) is 4.18 Å². The number of fused-ring (bicyclic) bond motifs is 1. The first-order valence-electron chi connectivity index (χ1n) is 7.10. The average Bonchev–Trinajstić information content (AvgIpc) is 2.52. The lowest BCUT2D eigenvalue weighted by molar-refractivity contribution is -0.138. The van der Waals surface area contributed by atoms with Crippen molar-refractivity contribution in [1.82, 2.24) is 0 Å². The second-order valence-corrected chi connectivity index (χ2v) is 5.96. The standard InChI is InChI=1S/C14H14O3.C2H6O4S/c1-9(14(15)16)10-3-4-12-8-13(17-2)6-5-11(12)7-10;1-2-6-7(3,4)5/h3-9H,1-2H3,(H,15,16);2H2,1H3,(H,3,4,5)/t9-;/m0./s1. The monoisotopic (exact) mass is 356 g/mol. The molecule has 2 N–H and O–H groups in total. The third kappa shape index (κ3) is 6.15. The molecule has 0 fully saturated rings. The first-order chi connectivity index (χ1) is 11.2. The van der Waals surface area contributed by atoms with Crippen LogP contribution in [0.3, 0.4) is 0 Å². The zero-order valence-electron chi connectivity index (χ0n) is 13.6. The third-order valence-electron chi connectivity index (χ3n) is 3.21. The zero-order valence-corrected chi connectivity index (χ0v) is 14.4. The van der Waals surface area contributed by atoms with Crippen LogP contribution in [0.2, 0.25) is 0 Å². The van der Waals surface area contributed by atoms with E-state index in [1.54, 1.807) is 14.0 Å². The van der Waals surface area contributed by atoms with E-state index in [4.69, 9.17) is 14.4 Å². The van der Waals surface area contributed by atoms with Crippen molar-refractivity contribution in [2.75, 3.05) is 13.7 Å². The van der Waals surface area contributed by atoms with E-state index in [0.29, 0.717) is 0 Å². The molecule has 0 saturated carbocycles.